The highest BCUT2D eigenvalue weighted by Gasteiger charge is 2.22. The van der Waals surface area contributed by atoms with Gasteiger partial charge in [-0.15, -0.1) is 0 Å². The molecule has 1 saturated heterocycles. The Labute approximate surface area is 101 Å². The molecule has 1 aliphatic heterocycles. The lowest BCUT2D eigenvalue weighted by Gasteiger charge is -2.11. The third-order valence-corrected chi connectivity index (χ3v) is 3.09. The van der Waals surface area contributed by atoms with Gasteiger partial charge in [-0.05, 0) is 43.7 Å². The predicted octanol–water partition coefficient (Wildman–Crippen LogP) is 1.55. The molecule has 1 aromatic rings. The van der Waals surface area contributed by atoms with Crippen molar-refractivity contribution < 1.29 is 9.53 Å². The van der Waals surface area contributed by atoms with E-state index < -0.39 is 0 Å². The van der Waals surface area contributed by atoms with Gasteiger partial charge in [0.2, 0.25) is 5.91 Å². The van der Waals surface area contributed by atoms with Gasteiger partial charge in [-0.3, -0.25) is 4.79 Å². The fourth-order valence-electron chi connectivity index (χ4n) is 2.08. The molecule has 0 bridgehead atoms. The van der Waals surface area contributed by atoms with Crippen LogP contribution in [-0.4, -0.2) is 26.1 Å². The lowest BCUT2D eigenvalue weighted by Crippen LogP contribution is -2.24. The molecule has 1 atom stereocenters. The molecule has 1 unspecified atom stereocenters. The first-order valence-corrected chi connectivity index (χ1v) is 5.87. The maximum absolute atomic E-state index is 11.9. The predicted molar refractivity (Wildman–Crippen MR) is 67.3 cm³/mol. The number of anilines is 1. The maximum Gasteiger partial charge on any atom is 0.228 e. The zero-order chi connectivity index (χ0) is 12.3. The van der Waals surface area contributed by atoms with Crippen molar-refractivity contribution in [2.45, 2.75) is 13.3 Å². The van der Waals surface area contributed by atoms with Crippen molar-refractivity contribution in [2.75, 3.05) is 25.5 Å². The summed E-state index contributed by atoms with van der Waals surface area (Å²) in [6, 6.07) is 5.67. The second-order valence-corrected chi connectivity index (χ2v) is 4.36. The zero-order valence-electron chi connectivity index (χ0n) is 10.2. The fourth-order valence-corrected chi connectivity index (χ4v) is 2.08. The number of carbonyl (C=O) groups excluding carboxylic acids is 1. The van der Waals surface area contributed by atoms with Crippen molar-refractivity contribution in [3.63, 3.8) is 0 Å². The van der Waals surface area contributed by atoms with E-state index in [0.717, 1.165) is 36.5 Å². The van der Waals surface area contributed by atoms with Crippen molar-refractivity contribution in [3.8, 4) is 5.75 Å². The van der Waals surface area contributed by atoms with E-state index in [4.69, 9.17) is 4.74 Å². The number of rotatable bonds is 3. The number of hydrogen-bond donors (Lipinski definition) is 2. The summed E-state index contributed by atoms with van der Waals surface area (Å²) < 4.78 is 5.18. The SMILES string of the molecule is COc1ccc(NC(=O)C2CCNC2)cc1C. The molecular formula is C13H18N2O2. The fraction of sp³-hybridized carbons (Fsp3) is 0.462. The number of ether oxygens (including phenoxy) is 1. The van der Waals surface area contributed by atoms with Crippen molar-refractivity contribution in [1.82, 2.24) is 5.32 Å². The topological polar surface area (TPSA) is 50.4 Å². The van der Waals surface area contributed by atoms with Crippen LogP contribution < -0.4 is 15.4 Å². The average molecular weight is 234 g/mol. The van der Waals surface area contributed by atoms with Crippen molar-refractivity contribution in [2.24, 2.45) is 5.92 Å². The molecule has 1 amide bonds. The van der Waals surface area contributed by atoms with Crippen LogP contribution in [0.15, 0.2) is 18.2 Å². The molecule has 17 heavy (non-hydrogen) atoms. The highest BCUT2D eigenvalue weighted by Crippen LogP contribution is 2.22. The summed E-state index contributed by atoms with van der Waals surface area (Å²) in [6.07, 6.45) is 0.918. The van der Waals surface area contributed by atoms with Crippen LogP contribution in [0.3, 0.4) is 0 Å². The summed E-state index contributed by atoms with van der Waals surface area (Å²) in [6.45, 7) is 3.67. The summed E-state index contributed by atoms with van der Waals surface area (Å²) in [5.74, 6) is 1.03. The molecule has 1 fully saturated rings. The van der Waals surface area contributed by atoms with Gasteiger partial charge >= 0.3 is 0 Å². The normalized spacial score (nSPS) is 19.1. The number of carbonyl (C=O) groups is 1. The molecule has 0 spiro atoms. The number of hydrogen-bond acceptors (Lipinski definition) is 3. The Morgan fingerprint density at radius 1 is 1.53 bits per heavy atom. The highest BCUT2D eigenvalue weighted by molar-refractivity contribution is 5.93. The van der Waals surface area contributed by atoms with Crippen molar-refractivity contribution in [1.29, 1.82) is 0 Å². The van der Waals surface area contributed by atoms with E-state index in [0.29, 0.717) is 0 Å². The van der Waals surface area contributed by atoms with Crippen LogP contribution in [0.4, 0.5) is 5.69 Å². The molecule has 1 aromatic carbocycles. The van der Waals surface area contributed by atoms with E-state index in [9.17, 15) is 4.79 Å². The smallest absolute Gasteiger partial charge is 0.228 e. The van der Waals surface area contributed by atoms with E-state index in [1.807, 2.05) is 25.1 Å². The van der Waals surface area contributed by atoms with Crippen LogP contribution >= 0.6 is 0 Å². The average Bonchev–Trinajstić information content (AvgIpc) is 2.82. The maximum atomic E-state index is 11.9. The number of amides is 1. The molecule has 4 nitrogen and oxygen atoms in total. The van der Waals surface area contributed by atoms with Gasteiger partial charge < -0.3 is 15.4 Å². The first-order chi connectivity index (χ1) is 8.20. The minimum Gasteiger partial charge on any atom is -0.496 e. The number of aryl methyl sites for hydroxylation is 1. The molecule has 92 valence electrons. The standard InChI is InChI=1S/C13H18N2O2/c1-9-7-11(3-4-12(9)17-2)15-13(16)10-5-6-14-8-10/h3-4,7,10,14H,5-6,8H2,1-2H3,(H,15,16). The third-order valence-electron chi connectivity index (χ3n) is 3.09. The first kappa shape index (κ1) is 11.9. The van der Waals surface area contributed by atoms with Gasteiger partial charge in [-0.25, -0.2) is 0 Å². The summed E-state index contributed by atoms with van der Waals surface area (Å²) in [7, 11) is 1.64. The minimum absolute atomic E-state index is 0.0948. The molecule has 1 heterocycles. The highest BCUT2D eigenvalue weighted by atomic mass is 16.5. The van der Waals surface area contributed by atoms with Crippen LogP contribution in [0.5, 0.6) is 5.75 Å². The number of methoxy groups -OCH3 is 1. The summed E-state index contributed by atoms with van der Waals surface area (Å²) in [5, 5.41) is 6.13. The Kier molecular flexibility index (Phi) is 3.64. The number of benzene rings is 1. The van der Waals surface area contributed by atoms with Crippen molar-refractivity contribution in [3.05, 3.63) is 23.8 Å². The second kappa shape index (κ2) is 5.19. The van der Waals surface area contributed by atoms with Crippen LogP contribution in [0, 0.1) is 12.8 Å². The Morgan fingerprint density at radius 2 is 2.35 bits per heavy atom. The Bertz CT molecular complexity index is 412. The molecule has 2 N–H and O–H groups in total. The van der Waals surface area contributed by atoms with E-state index in [-0.39, 0.29) is 11.8 Å². The van der Waals surface area contributed by atoms with E-state index in [1.54, 1.807) is 7.11 Å². The van der Waals surface area contributed by atoms with Gasteiger partial charge in [0.05, 0.1) is 13.0 Å². The van der Waals surface area contributed by atoms with E-state index in [1.165, 1.54) is 0 Å². The monoisotopic (exact) mass is 234 g/mol. The molecule has 2 rings (SSSR count). The van der Waals surface area contributed by atoms with E-state index in [2.05, 4.69) is 10.6 Å². The summed E-state index contributed by atoms with van der Waals surface area (Å²) in [5.41, 5.74) is 1.86. The van der Waals surface area contributed by atoms with Crippen LogP contribution in [0.25, 0.3) is 0 Å². The Hall–Kier alpha value is -1.55. The molecule has 0 aromatic heterocycles. The van der Waals surface area contributed by atoms with Gasteiger partial charge in [0, 0.05) is 12.2 Å². The molecule has 0 saturated carbocycles. The van der Waals surface area contributed by atoms with Gasteiger partial charge in [-0.1, -0.05) is 0 Å². The van der Waals surface area contributed by atoms with E-state index >= 15 is 0 Å². The van der Waals surface area contributed by atoms with Crippen molar-refractivity contribution >= 4 is 11.6 Å². The van der Waals surface area contributed by atoms with Gasteiger partial charge in [-0.2, -0.15) is 0 Å². The first-order valence-electron chi connectivity index (χ1n) is 5.87. The zero-order valence-corrected chi connectivity index (χ0v) is 10.2. The molecule has 0 aliphatic carbocycles. The lowest BCUT2D eigenvalue weighted by molar-refractivity contribution is -0.119. The number of nitrogens with one attached hydrogen (secondary N) is 2. The molecule has 1 aliphatic rings. The van der Waals surface area contributed by atoms with Crippen LogP contribution in [0.2, 0.25) is 0 Å². The Balaban J connectivity index is 2.03. The van der Waals surface area contributed by atoms with Crippen LogP contribution in [-0.2, 0) is 4.79 Å². The van der Waals surface area contributed by atoms with Crippen LogP contribution in [0.1, 0.15) is 12.0 Å². The minimum atomic E-state index is 0.0948. The largest absolute Gasteiger partial charge is 0.496 e. The van der Waals surface area contributed by atoms with Gasteiger partial charge in [0.25, 0.3) is 0 Å². The van der Waals surface area contributed by atoms with Gasteiger partial charge in [0.1, 0.15) is 5.75 Å². The third kappa shape index (κ3) is 2.77. The molecular weight excluding hydrogens is 216 g/mol. The molecule has 4 heteroatoms. The summed E-state index contributed by atoms with van der Waals surface area (Å²) >= 11 is 0. The lowest BCUT2D eigenvalue weighted by atomic mass is 10.1. The molecule has 0 radical (unpaired) electrons. The quantitative estimate of drug-likeness (QED) is 0.834. The second-order valence-electron chi connectivity index (χ2n) is 4.36. The Morgan fingerprint density at radius 3 is 2.94 bits per heavy atom. The van der Waals surface area contributed by atoms with Gasteiger partial charge in [0.15, 0.2) is 0 Å². The summed E-state index contributed by atoms with van der Waals surface area (Å²) in [4.78, 5) is 11.9.